The summed E-state index contributed by atoms with van der Waals surface area (Å²) in [6.07, 6.45) is 1.29. The number of anilines is 1. The molecule has 180 valence electrons. The van der Waals surface area contributed by atoms with Crippen LogP contribution >= 0.6 is 11.3 Å². The maximum absolute atomic E-state index is 13.9. The van der Waals surface area contributed by atoms with Crippen molar-refractivity contribution in [3.63, 3.8) is 0 Å². The number of thiophene rings is 1. The van der Waals surface area contributed by atoms with Crippen LogP contribution in [0.2, 0.25) is 0 Å². The molecule has 0 bridgehead atoms. The molecule has 0 spiro atoms. The van der Waals surface area contributed by atoms with Crippen LogP contribution in [0.15, 0.2) is 64.8 Å². The zero-order valence-corrected chi connectivity index (χ0v) is 20.4. The summed E-state index contributed by atoms with van der Waals surface area (Å²) in [5, 5.41) is 4.77. The summed E-state index contributed by atoms with van der Waals surface area (Å²) in [6.45, 7) is 3.90. The number of piperidine rings is 1. The summed E-state index contributed by atoms with van der Waals surface area (Å²) in [5.74, 6) is 0.113. The van der Waals surface area contributed by atoms with E-state index in [0.717, 1.165) is 5.56 Å². The van der Waals surface area contributed by atoms with E-state index in [1.807, 2.05) is 42.6 Å². The normalized spacial score (nSPS) is 14.4. The number of halogens is 1. The molecular formula is C27H27FN4O2S. The van der Waals surface area contributed by atoms with E-state index in [2.05, 4.69) is 10.2 Å². The van der Waals surface area contributed by atoms with Crippen LogP contribution in [-0.4, -0.2) is 28.5 Å². The summed E-state index contributed by atoms with van der Waals surface area (Å²) in [4.78, 5) is 33.0. The van der Waals surface area contributed by atoms with Crippen molar-refractivity contribution in [3.8, 4) is 0 Å². The third-order valence-electron chi connectivity index (χ3n) is 6.57. The highest BCUT2D eigenvalue weighted by molar-refractivity contribution is 7.17. The van der Waals surface area contributed by atoms with E-state index in [0.29, 0.717) is 54.2 Å². The van der Waals surface area contributed by atoms with E-state index >= 15 is 0 Å². The Bertz CT molecular complexity index is 1400. The van der Waals surface area contributed by atoms with E-state index in [1.165, 1.54) is 23.0 Å². The number of aromatic nitrogens is 2. The predicted molar refractivity (Wildman–Crippen MR) is 137 cm³/mol. The van der Waals surface area contributed by atoms with Gasteiger partial charge in [-0.05, 0) is 42.8 Å². The maximum Gasteiger partial charge on any atom is 0.273 e. The van der Waals surface area contributed by atoms with Gasteiger partial charge < -0.3 is 10.2 Å². The lowest BCUT2D eigenvalue weighted by molar-refractivity contribution is -0.125. The molecule has 8 heteroatoms. The molecule has 0 aliphatic carbocycles. The quantitative estimate of drug-likeness (QED) is 0.433. The average Bonchev–Trinajstić information content (AvgIpc) is 3.35. The minimum Gasteiger partial charge on any atom is -0.352 e. The second kappa shape index (κ2) is 10.00. The van der Waals surface area contributed by atoms with Crippen molar-refractivity contribution in [2.24, 2.45) is 5.92 Å². The van der Waals surface area contributed by atoms with Gasteiger partial charge in [-0.25, -0.2) is 9.37 Å². The fourth-order valence-electron chi connectivity index (χ4n) is 4.50. The molecule has 1 amide bonds. The molecule has 1 aliphatic heterocycles. The number of carbonyl (C=O) groups excluding carboxylic acids is 1. The van der Waals surface area contributed by atoms with Gasteiger partial charge in [-0.1, -0.05) is 48.0 Å². The van der Waals surface area contributed by atoms with Gasteiger partial charge in [0.25, 0.3) is 5.56 Å². The third-order valence-corrected chi connectivity index (χ3v) is 7.46. The zero-order chi connectivity index (χ0) is 24.4. The standard InChI is InChI=1S/C27H27FN4O2S/c1-18-6-8-19(9-7-18)17-32-26(34)24-23(12-15-35-24)30-27(32)31-13-10-20(11-14-31)25(33)29-16-21-4-2-3-5-22(21)28/h2-9,12,15,20H,10-11,13-14,16-17H2,1H3,(H,29,33). The van der Waals surface area contributed by atoms with Crippen LogP contribution in [0.4, 0.5) is 10.3 Å². The van der Waals surface area contributed by atoms with E-state index < -0.39 is 0 Å². The fourth-order valence-corrected chi connectivity index (χ4v) is 5.28. The summed E-state index contributed by atoms with van der Waals surface area (Å²) in [6, 6.07) is 16.5. The highest BCUT2D eigenvalue weighted by Crippen LogP contribution is 2.25. The van der Waals surface area contributed by atoms with E-state index in [9.17, 15) is 14.0 Å². The lowest BCUT2D eigenvalue weighted by Gasteiger charge is -2.33. The number of benzene rings is 2. The Morgan fingerprint density at radius 3 is 2.60 bits per heavy atom. The first-order valence-electron chi connectivity index (χ1n) is 11.8. The Morgan fingerprint density at radius 1 is 1.11 bits per heavy atom. The Labute approximate surface area is 207 Å². The second-order valence-electron chi connectivity index (χ2n) is 8.99. The lowest BCUT2D eigenvalue weighted by atomic mass is 9.96. The Hall–Kier alpha value is -3.52. The van der Waals surface area contributed by atoms with Gasteiger partial charge in [0.05, 0.1) is 12.1 Å². The lowest BCUT2D eigenvalue weighted by Crippen LogP contribution is -2.42. The van der Waals surface area contributed by atoms with Crippen LogP contribution in [0.1, 0.15) is 29.5 Å². The van der Waals surface area contributed by atoms with Crippen LogP contribution in [-0.2, 0) is 17.9 Å². The molecule has 0 radical (unpaired) electrons. The van der Waals surface area contributed by atoms with Crippen molar-refractivity contribution >= 4 is 33.4 Å². The molecule has 4 aromatic rings. The minimum absolute atomic E-state index is 0.0367. The molecule has 0 saturated carbocycles. The molecule has 1 N–H and O–H groups in total. The largest absolute Gasteiger partial charge is 0.352 e. The molecule has 1 saturated heterocycles. The molecule has 5 rings (SSSR count). The number of nitrogens with one attached hydrogen (secondary N) is 1. The second-order valence-corrected chi connectivity index (χ2v) is 9.91. The van der Waals surface area contributed by atoms with Crippen molar-refractivity contribution in [3.05, 3.63) is 92.8 Å². The first kappa shape index (κ1) is 23.2. The smallest absolute Gasteiger partial charge is 0.273 e. The zero-order valence-electron chi connectivity index (χ0n) is 19.5. The molecule has 1 fully saturated rings. The predicted octanol–water partition coefficient (Wildman–Crippen LogP) is 4.49. The van der Waals surface area contributed by atoms with Crippen molar-refractivity contribution < 1.29 is 9.18 Å². The minimum atomic E-state index is -0.316. The SMILES string of the molecule is Cc1ccc(Cn2c(N3CCC(C(=O)NCc4ccccc4F)CC3)nc3ccsc3c2=O)cc1. The van der Waals surface area contributed by atoms with Crippen molar-refractivity contribution in [1.29, 1.82) is 0 Å². The Balaban J connectivity index is 1.32. The molecule has 3 heterocycles. The average molecular weight is 491 g/mol. The summed E-state index contributed by atoms with van der Waals surface area (Å²) >= 11 is 1.41. The molecule has 0 unspecified atom stereocenters. The van der Waals surface area contributed by atoms with Gasteiger partial charge in [0.1, 0.15) is 10.5 Å². The monoisotopic (exact) mass is 490 g/mol. The number of amides is 1. The van der Waals surface area contributed by atoms with Crippen LogP contribution in [0.25, 0.3) is 10.2 Å². The van der Waals surface area contributed by atoms with Gasteiger partial charge in [-0.3, -0.25) is 14.2 Å². The van der Waals surface area contributed by atoms with Gasteiger partial charge in [0, 0.05) is 31.1 Å². The molecular weight excluding hydrogens is 463 g/mol. The molecule has 2 aromatic heterocycles. The molecule has 0 atom stereocenters. The molecule has 2 aromatic carbocycles. The van der Waals surface area contributed by atoms with Gasteiger partial charge >= 0.3 is 0 Å². The van der Waals surface area contributed by atoms with Gasteiger partial charge in [0.2, 0.25) is 11.9 Å². The number of rotatable bonds is 6. The highest BCUT2D eigenvalue weighted by Gasteiger charge is 2.28. The molecule has 1 aliphatic rings. The molecule has 35 heavy (non-hydrogen) atoms. The summed E-state index contributed by atoms with van der Waals surface area (Å²) in [7, 11) is 0. The van der Waals surface area contributed by atoms with Crippen molar-refractivity contribution in [2.75, 3.05) is 18.0 Å². The maximum atomic E-state index is 13.9. The number of aryl methyl sites for hydroxylation is 1. The topological polar surface area (TPSA) is 67.2 Å². The summed E-state index contributed by atoms with van der Waals surface area (Å²) in [5.41, 5.74) is 3.36. The number of hydrogen-bond donors (Lipinski definition) is 1. The number of nitrogens with zero attached hydrogens (tertiary/aromatic N) is 3. The number of carbonyl (C=O) groups is 1. The van der Waals surface area contributed by atoms with E-state index in [1.54, 1.807) is 22.8 Å². The van der Waals surface area contributed by atoms with Gasteiger partial charge in [0.15, 0.2) is 0 Å². The Kier molecular flexibility index (Phi) is 6.63. The van der Waals surface area contributed by atoms with Crippen molar-refractivity contribution in [1.82, 2.24) is 14.9 Å². The van der Waals surface area contributed by atoms with Crippen LogP contribution in [0, 0.1) is 18.7 Å². The third kappa shape index (κ3) is 4.98. The van der Waals surface area contributed by atoms with Crippen LogP contribution in [0.5, 0.6) is 0 Å². The Morgan fingerprint density at radius 2 is 1.86 bits per heavy atom. The fraction of sp³-hybridized carbons (Fsp3) is 0.296. The van der Waals surface area contributed by atoms with E-state index in [4.69, 9.17) is 4.98 Å². The van der Waals surface area contributed by atoms with Gasteiger partial charge in [-0.2, -0.15) is 0 Å². The molecule has 6 nitrogen and oxygen atoms in total. The van der Waals surface area contributed by atoms with Crippen molar-refractivity contribution in [2.45, 2.75) is 32.9 Å². The summed E-state index contributed by atoms with van der Waals surface area (Å²) < 4.78 is 16.3. The first-order chi connectivity index (χ1) is 17.0. The number of hydrogen-bond acceptors (Lipinski definition) is 5. The first-order valence-corrected chi connectivity index (χ1v) is 12.7. The van der Waals surface area contributed by atoms with Gasteiger partial charge in [-0.15, -0.1) is 11.3 Å². The number of fused-ring (bicyclic) bond motifs is 1. The van der Waals surface area contributed by atoms with Crippen LogP contribution < -0.4 is 15.8 Å². The highest BCUT2D eigenvalue weighted by atomic mass is 32.1. The van der Waals surface area contributed by atoms with E-state index in [-0.39, 0.29) is 29.7 Å². The van der Waals surface area contributed by atoms with Crippen LogP contribution in [0.3, 0.4) is 0 Å².